The molecule has 2 rings (SSSR count). The normalized spacial score (nSPS) is 25.7. The van der Waals surface area contributed by atoms with E-state index in [1.165, 1.54) is 6.07 Å². The van der Waals surface area contributed by atoms with Gasteiger partial charge in [-0.05, 0) is 38.4 Å². The van der Waals surface area contributed by atoms with E-state index in [1.807, 2.05) is 13.0 Å². The zero-order valence-corrected chi connectivity index (χ0v) is 10.1. The van der Waals surface area contributed by atoms with Crippen molar-refractivity contribution in [3.63, 3.8) is 0 Å². The summed E-state index contributed by atoms with van der Waals surface area (Å²) in [6, 6.07) is 3.35. The molecule has 15 heavy (non-hydrogen) atoms. The van der Waals surface area contributed by atoms with Crippen molar-refractivity contribution in [2.75, 3.05) is 6.54 Å². The predicted molar refractivity (Wildman–Crippen MR) is 62.1 cm³/mol. The summed E-state index contributed by atoms with van der Waals surface area (Å²) in [5.41, 5.74) is 0.526. The van der Waals surface area contributed by atoms with E-state index in [0.717, 1.165) is 29.4 Å². The van der Waals surface area contributed by atoms with Gasteiger partial charge in [-0.25, -0.2) is 0 Å². The van der Waals surface area contributed by atoms with Crippen molar-refractivity contribution in [2.24, 2.45) is 0 Å². The molecular formula is C11H14BrNO2. The molecule has 1 aliphatic heterocycles. The average molecular weight is 272 g/mol. The molecule has 1 aliphatic rings. The molecule has 1 fully saturated rings. The second-order valence-electron chi connectivity index (χ2n) is 4.18. The Bertz CT molecular complexity index is 386. The molecule has 0 saturated carbocycles. The highest BCUT2D eigenvalue weighted by Gasteiger charge is 2.33. The Labute approximate surface area is 97.3 Å². The van der Waals surface area contributed by atoms with Crippen molar-refractivity contribution in [1.29, 1.82) is 0 Å². The van der Waals surface area contributed by atoms with E-state index in [0.29, 0.717) is 0 Å². The lowest BCUT2D eigenvalue weighted by Crippen LogP contribution is -2.33. The van der Waals surface area contributed by atoms with Crippen LogP contribution in [0.15, 0.2) is 16.6 Å². The van der Waals surface area contributed by atoms with E-state index in [9.17, 15) is 10.2 Å². The Hall–Kier alpha value is -0.740. The summed E-state index contributed by atoms with van der Waals surface area (Å²) in [7, 11) is 0. The van der Waals surface area contributed by atoms with E-state index >= 15 is 0 Å². The fraction of sp³-hybridized carbons (Fsp3) is 0.455. The van der Waals surface area contributed by atoms with E-state index in [4.69, 9.17) is 0 Å². The predicted octanol–water partition coefficient (Wildman–Crippen LogP) is 2.46. The molecule has 3 N–H and O–H groups in total. The van der Waals surface area contributed by atoms with Gasteiger partial charge < -0.3 is 15.5 Å². The summed E-state index contributed by atoms with van der Waals surface area (Å²) < 4.78 is 0.780. The minimum Gasteiger partial charge on any atom is -0.504 e. The number of hydrogen-bond acceptors (Lipinski definition) is 3. The second kappa shape index (κ2) is 3.68. The van der Waals surface area contributed by atoms with Crippen molar-refractivity contribution in [3.8, 4) is 11.5 Å². The van der Waals surface area contributed by atoms with Crippen LogP contribution in [0.1, 0.15) is 25.3 Å². The van der Waals surface area contributed by atoms with Crippen molar-refractivity contribution in [1.82, 2.24) is 5.32 Å². The van der Waals surface area contributed by atoms with Crippen LogP contribution in [0.4, 0.5) is 0 Å². The molecule has 0 aromatic heterocycles. The van der Waals surface area contributed by atoms with E-state index < -0.39 is 0 Å². The van der Waals surface area contributed by atoms with Crippen LogP contribution in [-0.2, 0) is 5.54 Å². The van der Waals surface area contributed by atoms with Crippen LogP contribution in [0.5, 0.6) is 11.5 Å². The maximum atomic E-state index is 9.84. The van der Waals surface area contributed by atoms with Crippen LogP contribution in [0, 0.1) is 0 Å². The van der Waals surface area contributed by atoms with Gasteiger partial charge in [0.05, 0.1) is 0 Å². The highest BCUT2D eigenvalue weighted by atomic mass is 79.9. The largest absolute Gasteiger partial charge is 0.504 e. The average Bonchev–Trinajstić information content (AvgIpc) is 2.59. The Morgan fingerprint density at radius 3 is 2.73 bits per heavy atom. The third kappa shape index (κ3) is 1.84. The molecule has 1 atom stereocenters. The third-order valence-electron chi connectivity index (χ3n) is 3.02. The lowest BCUT2D eigenvalue weighted by atomic mass is 9.89. The number of nitrogens with one attached hydrogen (secondary N) is 1. The van der Waals surface area contributed by atoms with Gasteiger partial charge in [-0.2, -0.15) is 0 Å². The van der Waals surface area contributed by atoms with Gasteiger partial charge in [0.25, 0.3) is 0 Å². The number of phenolic OH excluding ortho intramolecular Hbond substituents is 2. The van der Waals surface area contributed by atoms with Crippen molar-refractivity contribution in [3.05, 3.63) is 22.2 Å². The first kappa shape index (κ1) is 10.8. The second-order valence-corrected chi connectivity index (χ2v) is 5.10. The number of halogens is 1. The summed E-state index contributed by atoms with van der Waals surface area (Å²) in [5.74, 6) is -0.0931. The van der Waals surface area contributed by atoms with Gasteiger partial charge in [0.2, 0.25) is 0 Å². The van der Waals surface area contributed by atoms with Gasteiger partial charge >= 0.3 is 0 Å². The first-order chi connectivity index (χ1) is 7.03. The van der Waals surface area contributed by atoms with Crippen LogP contribution >= 0.6 is 15.9 Å². The van der Waals surface area contributed by atoms with Crippen LogP contribution in [0.3, 0.4) is 0 Å². The SMILES string of the molecule is CC1(c2cc(Br)cc(O)c2O)CCCN1. The Morgan fingerprint density at radius 2 is 2.13 bits per heavy atom. The molecule has 0 radical (unpaired) electrons. The highest BCUT2D eigenvalue weighted by molar-refractivity contribution is 9.10. The molecule has 0 amide bonds. The molecule has 1 unspecified atom stereocenters. The third-order valence-corrected chi connectivity index (χ3v) is 3.48. The molecule has 1 saturated heterocycles. The molecule has 1 heterocycles. The summed E-state index contributed by atoms with van der Waals surface area (Å²) in [6.07, 6.45) is 2.06. The quantitative estimate of drug-likeness (QED) is 0.688. The number of benzene rings is 1. The molecule has 0 bridgehead atoms. The van der Waals surface area contributed by atoms with Crippen LogP contribution in [0.25, 0.3) is 0 Å². The van der Waals surface area contributed by atoms with Crippen LogP contribution in [0.2, 0.25) is 0 Å². The van der Waals surface area contributed by atoms with Crippen LogP contribution < -0.4 is 5.32 Å². The monoisotopic (exact) mass is 271 g/mol. The molecular weight excluding hydrogens is 258 g/mol. The number of aromatic hydroxyl groups is 2. The Kier molecular flexibility index (Phi) is 2.64. The molecule has 4 heteroatoms. The number of rotatable bonds is 1. The lowest BCUT2D eigenvalue weighted by Gasteiger charge is -2.26. The number of phenols is 2. The highest BCUT2D eigenvalue weighted by Crippen LogP contribution is 2.41. The fourth-order valence-electron chi connectivity index (χ4n) is 2.13. The first-order valence-corrected chi connectivity index (χ1v) is 5.79. The maximum absolute atomic E-state index is 9.84. The first-order valence-electron chi connectivity index (χ1n) is 5.00. The smallest absolute Gasteiger partial charge is 0.162 e. The fourth-order valence-corrected chi connectivity index (χ4v) is 2.58. The number of hydrogen-bond donors (Lipinski definition) is 3. The zero-order valence-electron chi connectivity index (χ0n) is 8.55. The van der Waals surface area contributed by atoms with Gasteiger partial charge in [-0.3, -0.25) is 0 Å². The van der Waals surface area contributed by atoms with Crippen LogP contribution in [-0.4, -0.2) is 16.8 Å². The molecule has 3 nitrogen and oxygen atoms in total. The Morgan fingerprint density at radius 1 is 1.40 bits per heavy atom. The van der Waals surface area contributed by atoms with Gasteiger partial charge in [0, 0.05) is 15.6 Å². The van der Waals surface area contributed by atoms with E-state index in [1.54, 1.807) is 0 Å². The molecule has 0 spiro atoms. The standard InChI is InChI=1S/C11H14BrNO2/c1-11(3-2-4-13-11)8-5-7(12)6-9(14)10(8)15/h5-6,13-15H,2-4H2,1H3. The van der Waals surface area contributed by atoms with Gasteiger partial charge in [-0.15, -0.1) is 0 Å². The van der Waals surface area contributed by atoms with Crippen molar-refractivity contribution in [2.45, 2.75) is 25.3 Å². The topological polar surface area (TPSA) is 52.5 Å². The molecule has 1 aromatic rings. The lowest BCUT2D eigenvalue weighted by molar-refractivity contribution is 0.365. The minimum atomic E-state index is -0.231. The van der Waals surface area contributed by atoms with E-state index in [2.05, 4.69) is 21.2 Å². The van der Waals surface area contributed by atoms with Gasteiger partial charge in [0.1, 0.15) is 0 Å². The summed E-state index contributed by atoms with van der Waals surface area (Å²) >= 11 is 3.32. The van der Waals surface area contributed by atoms with Crippen molar-refractivity contribution >= 4 is 15.9 Å². The summed E-state index contributed by atoms with van der Waals surface area (Å²) in [6.45, 7) is 2.99. The zero-order chi connectivity index (χ0) is 11.1. The van der Waals surface area contributed by atoms with Crippen molar-refractivity contribution < 1.29 is 10.2 Å². The van der Waals surface area contributed by atoms with Gasteiger partial charge in [0.15, 0.2) is 11.5 Å². The summed E-state index contributed by atoms with van der Waals surface area (Å²) in [4.78, 5) is 0. The molecule has 1 aromatic carbocycles. The molecule has 82 valence electrons. The summed E-state index contributed by atoms with van der Waals surface area (Å²) in [5, 5.41) is 22.7. The Balaban J connectivity index is 2.51. The molecule has 0 aliphatic carbocycles. The van der Waals surface area contributed by atoms with Gasteiger partial charge in [-0.1, -0.05) is 15.9 Å². The maximum Gasteiger partial charge on any atom is 0.162 e. The minimum absolute atomic E-state index is 0.0184. The van der Waals surface area contributed by atoms with E-state index in [-0.39, 0.29) is 17.0 Å².